The largest absolute Gasteiger partial charge is 0.381 e. The van der Waals surface area contributed by atoms with Crippen LogP contribution in [0.4, 0.5) is 10.1 Å². The molecule has 1 fully saturated rings. The molecule has 0 unspecified atom stereocenters. The SMILES string of the molecule is N#CC1(C(=O)Nc2ccc(F)cc2Br)CCOCC1. The van der Waals surface area contributed by atoms with E-state index >= 15 is 0 Å². The van der Waals surface area contributed by atoms with Gasteiger partial charge >= 0.3 is 0 Å². The first kappa shape index (κ1) is 14.0. The maximum Gasteiger partial charge on any atom is 0.245 e. The number of nitrogens with zero attached hydrogens (tertiary/aromatic N) is 1. The summed E-state index contributed by atoms with van der Waals surface area (Å²) in [6.45, 7) is 0.789. The van der Waals surface area contributed by atoms with Gasteiger partial charge in [0.05, 0.1) is 11.8 Å². The lowest BCUT2D eigenvalue weighted by molar-refractivity contribution is -0.126. The maximum atomic E-state index is 13.0. The highest BCUT2D eigenvalue weighted by molar-refractivity contribution is 9.10. The first-order chi connectivity index (χ1) is 9.07. The molecular weight excluding hydrogens is 315 g/mol. The lowest BCUT2D eigenvalue weighted by Crippen LogP contribution is -2.40. The number of anilines is 1. The molecule has 1 heterocycles. The van der Waals surface area contributed by atoms with Gasteiger partial charge in [0, 0.05) is 17.7 Å². The van der Waals surface area contributed by atoms with Crippen LogP contribution in [0.1, 0.15) is 12.8 Å². The number of amides is 1. The summed E-state index contributed by atoms with van der Waals surface area (Å²) in [5, 5.41) is 11.9. The molecule has 0 saturated carbocycles. The predicted octanol–water partition coefficient (Wildman–Crippen LogP) is 2.85. The molecule has 2 rings (SSSR count). The van der Waals surface area contributed by atoms with E-state index in [9.17, 15) is 14.4 Å². The number of carbonyl (C=O) groups is 1. The molecule has 19 heavy (non-hydrogen) atoms. The molecule has 0 spiro atoms. The summed E-state index contributed by atoms with van der Waals surface area (Å²) in [6.07, 6.45) is 0.738. The summed E-state index contributed by atoms with van der Waals surface area (Å²) < 4.78 is 18.6. The Morgan fingerprint density at radius 3 is 2.74 bits per heavy atom. The lowest BCUT2D eigenvalue weighted by Gasteiger charge is -2.29. The van der Waals surface area contributed by atoms with Gasteiger partial charge in [-0.1, -0.05) is 0 Å². The minimum Gasteiger partial charge on any atom is -0.381 e. The molecule has 0 bridgehead atoms. The molecule has 1 aromatic rings. The van der Waals surface area contributed by atoms with Crippen molar-refractivity contribution >= 4 is 27.5 Å². The first-order valence-corrected chi connectivity index (χ1v) is 6.62. The molecule has 0 atom stereocenters. The van der Waals surface area contributed by atoms with Crippen molar-refractivity contribution in [2.75, 3.05) is 18.5 Å². The normalized spacial score (nSPS) is 17.5. The molecule has 1 aliphatic rings. The Balaban J connectivity index is 2.18. The van der Waals surface area contributed by atoms with Crippen LogP contribution in [0.25, 0.3) is 0 Å². The van der Waals surface area contributed by atoms with Crippen molar-refractivity contribution in [1.82, 2.24) is 0 Å². The van der Waals surface area contributed by atoms with Crippen LogP contribution < -0.4 is 5.32 Å². The third kappa shape index (κ3) is 2.94. The van der Waals surface area contributed by atoms with Gasteiger partial charge in [0.15, 0.2) is 0 Å². The number of benzene rings is 1. The number of halogens is 2. The standard InChI is InChI=1S/C13H12BrFN2O2/c14-10-7-9(15)1-2-11(10)17-12(18)13(8-16)3-5-19-6-4-13/h1-2,7H,3-6H2,(H,17,18). The fourth-order valence-electron chi connectivity index (χ4n) is 1.94. The molecule has 6 heteroatoms. The minimum absolute atomic E-state index is 0.369. The zero-order chi connectivity index (χ0) is 13.9. The van der Waals surface area contributed by atoms with Crippen LogP contribution in [0.2, 0.25) is 0 Å². The lowest BCUT2D eigenvalue weighted by atomic mass is 9.81. The van der Waals surface area contributed by atoms with E-state index < -0.39 is 11.2 Å². The van der Waals surface area contributed by atoms with E-state index in [0.717, 1.165) is 0 Å². The number of ether oxygens (including phenoxy) is 1. The van der Waals surface area contributed by atoms with Crippen LogP contribution in [0, 0.1) is 22.6 Å². The molecule has 1 amide bonds. The summed E-state index contributed by atoms with van der Waals surface area (Å²) in [7, 11) is 0. The second-order valence-corrected chi connectivity index (χ2v) is 5.24. The van der Waals surface area contributed by atoms with E-state index in [0.29, 0.717) is 36.2 Å². The molecule has 4 nitrogen and oxygen atoms in total. The van der Waals surface area contributed by atoms with Gasteiger partial charge < -0.3 is 10.1 Å². The molecule has 1 aliphatic heterocycles. The number of hydrogen-bond donors (Lipinski definition) is 1. The quantitative estimate of drug-likeness (QED) is 0.908. The van der Waals surface area contributed by atoms with Gasteiger partial charge in [-0.3, -0.25) is 4.79 Å². The third-order valence-electron chi connectivity index (χ3n) is 3.17. The van der Waals surface area contributed by atoms with Crippen LogP contribution in [0.3, 0.4) is 0 Å². The molecule has 0 aliphatic carbocycles. The van der Waals surface area contributed by atoms with Crippen molar-refractivity contribution in [3.8, 4) is 6.07 Å². The Hall–Kier alpha value is -1.45. The molecule has 1 N–H and O–H groups in total. The monoisotopic (exact) mass is 326 g/mol. The summed E-state index contributed by atoms with van der Waals surface area (Å²) in [4.78, 5) is 12.3. The van der Waals surface area contributed by atoms with Crippen molar-refractivity contribution < 1.29 is 13.9 Å². The Bertz CT molecular complexity index is 536. The molecule has 0 aromatic heterocycles. The second-order valence-electron chi connectivity index (χ2n) is 4.38. The predicted molar refractivity (Wildman–Crippen MR) is 70.8 cm³/mol. The Morgan fingerprint density at radius 1 is 1.47 bits per heavy atom. The maximum absolute atomic E-state index is 13.0. The average molecular weight is 327 g/mol. The highest BCUT2D eigenvalue weighted by Crippen LogP contribution is 2.32. The van der Waals surface area contributed by atoms with Crippen molar-refractivity contribution in [1.29, 1.82) is 5.26 Å². The van der Waals surface area contributed by atoms with E-state index in [-0.39, 0.29) is 5.91 Å². The number of nitriles is 1. The molecule has 1 aromatic carbocycles. The van der Waals surface area contributed by atoms with Crippen LogP contribution in [0.15, 0.2) is 22.7 Å². The van der Waals surface area contributed by atoms with Gasteiger partial charge in [-0.2, -0.15) is 5.26 Å². The van der Waals surface area contributed by atoms with Crippen molar-refractivity contribution in [3.05, 3.63) is 28.5 Å². The summed E-state index contributed by atoms with van der Waals surface area (Å²) in [5.74, 6) is -0.767. The van der Waals surface area contributed by atoms with E-state index in [1.54, 1.807) is 0 Å². The van der Waals surface area contributed by atoms with E-state index in [4.69, 9.17) is 4.74 Å². The van der Waals surface area contributed by atoms with Crippen LogP contribution >= 0.6 is 15.9 Å². The van der Waals surface area contributed by atoms with Gasteiger partial charge in [0.2, 0.25) is 5.91 Å². The molecule has 100 valence electrons. The summed E-state index contributed by atoms with van der Waals surface area (Å²) in [6, 6.07) is 6.06. The molecule has 1 saturated heterocycles. The zero-order valence-electron chi connectivity index (χ0n) is 10.1. The Kier molecular flexibility index (Phi) is 4.17. The zero-order valence-corrected chi connectivity index (χ0v) is 11.7. The van der Waals surface area contributed by atoms with Gasteiger partial charge in [0.25, 0.3) is 0 Å². The minimum atomic E-state index is -1.06. The van der Waals surface area contributed by atoms with Crippen LogP contribution in [0.5, 0.6) is 0 Å². The third-order valence-corrected chi connectivity index (χ3v) is 3.83. The first-order valence-electron chi connectivity index (χ1n) is 5.83. The van der Waals surface area contributed by atoms with Gasteiger partial charge in [-0.15, -0.1) is 0 Å². The highest BCUT2D eigenvalue weighted by Gasteiger charge is 2.40. The summed E-state index contributed by atoms with van der Waals surface area (Å²) >= 11 is 3.18. The molecular formula is C13H12BrFN2O2. The topological polar surface area (TPSA) is 62.1 Å². The number of hydrogen-bond acceptors (Lipinski definition) is 3. The second kappa shape index (κ2) is 5.68. The van der Waals surface area contributed by atoms with Crippen LogP contribution in [-0.2, 0) is 9.53 Å². The van der Waals surface area contributed by atoms with Gasteiger partial charge in [-0.05, 0) is 47.0 Å². The average Bonchev–Trinajstić information content (AvgIpc) is 2.42. The van der Waals surface area contributed by atoms with Gasteiger partial charge in [0.1, 0.15) is 11.2 Å². The summed E-state index contributed by atoms with van der Waals surface area (Å²) in [5.41, 5.74) is -0.612. The Morgan fingerprint density at radius 2 is 2.16 bits per heavy atom. The fraction of sp³-hybridized carbons (Fsp3) is 0.385. The van der Waals surface area contributed by atoms with Crippen molar-refractivity contribution in [2.45, 2.75) is 12.8 Å². The van der Waals surface area contributed by atoms with E-state index in [2.05, 4.69) is 27.3 Å². The van der Waals surface area contributed by atoms with Gasteiger partial charge in [-0.25, -0.2) is 4.39 Å². The van der Waals surface area contributed by atoms with Crippen LogP contribution in [-0.4, -0.2) is 19.1 Å². The number of carbonyl (C=O) groups excluding carboxylic acids is 1. The fourth-order valence-corrected chi connectivity index (χ4v) is 2.39. The van der Waals surface area contributed by atoms with E-state index in [1.807, 2.05) is 0 Å². The van der Waals surface area contributed by atoms with Crippen molar-refractivity contribution in [2.24, 2.45) is 5.41 Å². The number of nitrogens with one attached hydrogen (secondary N) is 1. The smallest absolute Gasteiger partial charge is 0.245 e. The number of rotatable bonds is 2. The molecule has 0 radical (unpaired) electrons. The highest BCUT2D eigenvalue weighted by atomic mass is 79.9. The Labute approximate surface area is 118 Å². The van der Waals surface area contributed by atoms with Crippen molar-refractivity contribution in [3.63, 3.8) is 0 Å². The van der Waals surface area contributed by atoms with E-state index in [1.165, 1.54) is 18.2 Å².